The zero-order chi connectivity index (χ0) is 9.84. The molecular formula is C6H6N3O3S-. The van der Waals surface area contributed by atoms with E-state index in [1.54, 1.807) is 0 Å². The number of carbonyl (C=O) groups excluding carboxylic acids is 1. The van der Waals surface area contributed by atoms with E-state index in [9.17, 15) is 9.90 Å². The van der Waals surface area contributed by atoms with Gasteiger partial charge in [-0.1, -0.05) is 5.16 Å². The Balaban J connectivity index is 3.02. The van der Waals surface area contributed by atoms with Gasteiger partial charge >= 0.3 is 0 Å². The second-order valence-electron chi connectivity index (χ2n) is 1.98. The van der Waals surface area contributed by atoms with Gasteiger partial charge in [-0.15, -0.1) is 11.3 Å². The van der Waals surface area contributed by atoms with Crippen LogP contribution in [0.4, 0.5) is 5.13 Å². The summed E-state index contributed by atoms with van der Waals surface area (Å²) in [5.41, 5.74) is 5.09. The molecule has 1 aromatic heterocycles. The lowest BCUT2D eigenvalue weighted by molar-refractivity contribution is -0.294. The lowest BCUT2D eigenvalue weighted by Crippen LogP contribution is -2.32. The number of hydrogen-bond acceptors (Lipinski definition) is 7. The summed E-state index contributed by atoms with van der Waals surface area (Å²) in [6.45, 7) is 0. The van der Waals surface area contributed by atoms with Gasteiger partial charge in [0.2, 0.25) is 0 Å². The zero-order valence-electron chi connectivity index (χ0n) is 6.68. The first-order chi connectivity index (χ1) is 6.15. The fourth-order valence-electron chi connectivity index (χ4n) is 0.676. The SMILES string of the molecule is CO/N=C(/C(=O)[O-])c1csc(N)n1. The number of nitrogens with two attached hydrogens (primary N) is 1. The molecule has 1 aromatic rings. The molecule has 0 saturated carbocycles. The highest BCUT2D eigenvalue weighted by Crippen LogP contribution is 2.11. The Bertz CT molecular complexity index is 347. The maximum Gasteiger partial charge on any atom is 0.180 e. The number of carboxylic acid groups (broad SMARTS) is 1. The van der Waals surface area contributed by atoms with Crippen LogP contribution in [-0.2, 0) is 9.63 Å². The monoisotopic (exact) mass is 200 g/mol. The van der Waals surface area contributed by atoms with Gasteiger partial charge in [0.15, 0.2) is 10.8 Å². The van der Waals surface area contributed by atoms with Gasteiger partial charge in [-0.3, -0.25) is 0 Å². The predicted molar refractivity (Wildman–Crippen MR) is 45.1 cm³/mol. The summed E-state index contributed by atoms with van der Waals surface area (Å²) in [6.07, 6.45) is 0. The molecule has 0 aliphatic rings. The molecule has 0 aliphatic carbocycles. The lowest BCUT2D eigenvalue weighted by atomic mass is 10.3. The highest BCUT2D eigenvalue weighted by atomic mass is 32.1. The Morgan fingerprint density at radius 2 is 2.54 bits per heavy atom. The zero-order valence-corrected chi connectivity index (χ0v) is 7.50. The van der Waals surface area contributed by atoms with Gasteiger partial charge < -0.3 is 20.5 Å². The number of aromatic nitrogens is 1. The van der Waals surface area contributed by atoms with Crippen LogP contribution in [0, 0.1) is 0 Å². The van der Waals surface area contributed by atoms with Gasteiger partial charge in [0.25, 0.3) is 0 Å². The first-order valence-electron chi connectivity index (χ1n) is 3.19. The van der Waals surface area contributed by atoms with E-state index in [0.717, 1.165) is 11.3 Å². The normalized spacial score (nSPS) is 11.3. The van der Waals surface area contributed by atoms with Crippen LogP contribution < -0.4 is 10.8 Å². The van der Waals surface area contributed by atoms with Crippen molar-refractivity contribution >= 4 is 28.1 Å². The van der Waals surface area contributed by atoms with E-state index in [4.69, 9.17) is 5.73 Å². The molecule has 0 atom stereocenters. The molecule has 0 amide bonds. The van der Waals surface area contributed by atoms with Gasteiger partial charge in [-0.25, -0.2) is 4.98 Å². The van der Waals surface area contributed by atoms with Crippen LogP contribution in [-0.4, -0.2) is 23.8 Å². The summed E-state index contributed by atoms with van der Waals surface area (Å²) in [6, 6.07) is 0. The topological polar surface area (TPSA) is 101 Å². The van der Waals surface area contributed by atoms with Crippen molar-refractivity contribution in [1.29, 1.82) is 0 Å². The molecule has 2 N–H and O–H groups in total. The summed E-state index contributed by atoms with van der Waals surface area (Å²) in [5, 5.41) is 15.5. The Hall–Kier alpha value is -1.63. The molecular weight excluding hydrogens is 194 g/mol. The van der Waals surface area contributed by atoms with Gasteiger partial charge in [-0.2, -0.15) is 0 Å². The summed E-state index contributed by atoms with van der Waals surface area (Å²) < 4.78 is 0. The van der Waals surface area contributed by atoms with Gasteiger partial charge in [-0.05, 0) is 0 Å². The van der Waals surface area contributed by atoms with Crippen LogP contribution in [0.2, 0.25) is 0 Å². The molecule has 7 heteroatoms. The standard InChI is InChI=1S/C6H7N3O3S/c1-12-9-4(5(10)11)3-2-13-6(7)8-3/h2H,1H3,(H2,7,8)(H,10,11)/p-1/b9-4+. The van der Waals surface area contributed by atoms with Crippen LogP contribution >= 0.6 is 11.3 Å². The Kier molecular flexibility index (Phi) is 2.80. The fraction of sp³-hybridized carbons (Fsp3) is 0.167. The number of hydrogen-bond donors (Lipinski definition) is 1. The Labute approximate surface area is 77.6 Å². The number of oxime groups is 1. The Morgan fingerprint density at radius 1 is 1.85 bits per heavy atom. The van der Waals surface area contributed by atoms with Gasteiger partial charge in [0.05, 0.1) is 5.97 Å². The predicted octanol–water partition coefficient (Wildman–Crippen LogP) is -1.17. The number of aliphatic carboxylic acids is 1. The van der Waals surface area contributed by atoms with E-state index in [0.29, 0.717) is 0 Å². The van der Waals surface area contributed by atoms with Crippen molar-refractivity contribution in [2.24, 2.45) is 5.16 Å². The average Bonchev–Trinajstić information content (AvgIpc) is 2.46. The van der Waals surface area contributed by atoms with Crippen molar-refractivity contribution in [2.75, 3.05) is 12.8 Å². The van der Waals surface area contributed by atoms with Crippen LogP contribution in [0.3, 0.4) is 0 Å². The summed E-state index contributed by atoms with van der Waals surface area (Å²) >= 11 is 1.12. The Morgan fingerprint density at radius 3 is 2.92 bits per heavy atom. The number of thiazole rings is 1. The molecule has 13 heavy (non-hydrogen) atoms. The van der Waals surface area contributed by atoms with Crippen molar-refractivity contribution in [1.82, 2.24) is 4.98 Å². The van der Waals surface area contributed by atoms with Gasteiger partial charge in [0, 0.05) is 5.38 Å². The molecule has 6 nitrogen and oxygen atoms in total. The second-order valence-corrected chi connectivity index (χ2v) is 2.87. The third-order valence-corrected chi connectivity index (χ3v) is 1.81. The largest absolute Gasteiger partial charge is 0.543 e. The minimum absolute atomic E-state index is 0.143. The minimum Gasteiger partial charge on any atom is -0.543 e. The third kappa shape index (κ3) is 2.15. The molecule has 0 unspecified atom stereocenters. The molecule has 1 rings (SSSR count). The molecule has 0 radical (unpaired) electrons. The highest BCUT2D eigenvalue weighted by Gasteiger charge is 2.09. The summed E-state index contributed by atoms with van der Waals surface area (Å²) in [5.74, 6) is -1.45. The second kappa shape index (κ2) is 3.85. The smallest absolute Gasteiger partial charge is 0.180 e. The van der Waals surface area contributed by atoms with Crippen molar-refractivity contribution < 1.29 is 14.7 Å². The van der Waals surface area contributed by atoms with E-state index in [1.807, 2.05) is 0 Å². The molecule has 0 bridgehead atoms. The van der Waals surface area contributed by atoms with Crippen molar-refractivity contribution in [3.05, 3.63) is 11.1 Å². The third-order valence-electron chi connectivity index (χ3n) is 1.14. The van der Waals surface area contributed by atoms with Crippen molar-refractivity contribution in [3.63, 3.8) is 0 Å². The quantitative estimate of drug-likeness (QED) is 0.489. The molecule has 0 aliphatic heterocycles. The minimum atomic E-state index is -1.45. The maximum atomic E-state index is 10.5. The number of nitrogens with zero attached hydrogens (tertiary/aromatic N) is 2. The molecule has 70 valence electrons. The number of carboxylic acids is 1. The molecule has 0 spiro atoms. The van der Waals surface area contributed by atoms with Crippen LogP contribution in [0.15, 0.2) is 10.5 Å². The molecule has 1 heterocycles. The molecule has 0 fully saturated rings. The summed E-state index contributed by atoms with van der Waals surface area (Å²) in [7, 11) is 1.23. The first-order valence-corrected chi connectivity index (χ1v) is 4.07. The van der Waals surface area contributed by atoms with E-state index in [2.05, 4.69) is 15.0 Å². The number of nitrogen functional groups attached to an aromatic ring is 1. The lowest BCUT2D eigenvalue weighted by Gasteiger charge is -2.01. The van der Waals surface area contributed by atoms with Crippen LogP contribution in [0.25, 0.3) is 0 Å². The van der Waals surface area contributed by atoms with E-state index in [-0.39, 0.29) is 16.5 Å². The van der Waals surface area contributed by atoms with Crippen LogP contribution in [0.5, 0.6) is 0 Å². The number of rotatable bonds is 3. The van der Waals surface area contributed by atoms with Crippen molar-refractivity contribution in [3.8, 4) is 0 Å². The number of carbonyl (C=O) groups is 1. The summed E-state index contributed by atoms with van der Waals surface area (Å²) in [4.78, 5) is 18.5. The fourth-order valence-corrected chi connectivity index (χ4v) is 1.22. The van der Waals surface area contributed by atoms with E-state index >= 15 is 0 Å². The number of anilines is 1. The molecule has 0 saturated heterocycles. The maximum absolute atomic E-state index is 10.5. The van der Waals surface area contributed by atoms with Gasteiger partial charge in [0.1, 0.15) is 12.8 Å². The average molecular weight is 200 g/mol. The van der Waals surface area contributed by atoms with Crippen LogP contribution in [0.1, 0.15) is 5.69 Å². The highest BCUT2D eigenvalue weighted by molar-refractivity contribution is 7.13. The van der Waals surface area contributed by atoms with E-state index < -0.39 is 5.97 Å². The van der Waals surface area contributed by atoms with Crippen molar-refractivity contribution in [2.45, 2.75) is 0 Å². The molecule has 0 aromatic carbocycles. The van der Waals surface area contributed by atoms with E-state index in [1.165, 1.54) is 12.5 Å². The first kappa shape index (κ1) is 9.46.